The lowest BCUT2D eigenvalue weighted by Gasteiger charge is -2.26. The molecule has 0 amide bonds. The van der Waals surface area contributed by atoms with Gasteiger partial charge in [-0.25, -0.2) is 15.0 Å². The van der Waals surface area contributed by atoms with E-state index in [0.717, 1.165) is 42.2 Å². The number of nitrogens with zero attached hydrogens (tertiary/aromatic N) is 5. The first-order valence-electron chi connectivity index (χ1n) is 9.11. The molecule has 1 unspecified atom stereocenters. The predicted molar refractivity (Wildman–Crippen MR) is 103 cm³/mol. The zero-order valence-corrected chi connectivity index (χ0v) is 15.1. The van der Waals surface area contributed by atoms with Crippen molar-refractivity contribution in [3.63, 3.8) is 0 Å². The van der Waals surface area contributed by atoms with Gasteiger partial charge >= 0.3 is 0 Å². The van der Waals surface area contributed by atoms with Crippen molar-refractivity contribution in [2.24, 2.45) is 0 Å². The molecule has 0 bridgehead atoms. The topological polar surface area (TPSA) is 79.1 Å². The van der Waals surface area contributed by atoms with E-state index in [1.807, 2.05) is 30.3 Å². The number of rotatable bonds is 5. The lowest BCUT2D eigenvalue weighted by Crippen LogP contribution is -2.34. The zero-order chi connectivity index (χ0) is 18.1. The fraction of sp³-hybridized carbons (Fsp3) is 0.421. The first kappa shape index (κ1) is 16.8. The molecule has 1 fully saturated rings. The Morgan fingerprint density at radius 3 is 2.77 bits per heavy atom. The standard InChI is InChI=1S/C19H24N6O/c1-13(2)25-18-16(23-19(25)24-10-6-9-15(24)11-26)17(20-12-21-18)22-14-7-4-3-5-8-14/h3-5,7-8,12-13,15,26H,6,9-11H2,1-2H3,(H,20,21,22). The van der Waals surface area contributed by atoms with Crippen molar-refractivity contribution >= 4 is 28.6 Å². The molecule has 3 heterocycles. The molecule has 4 rings (SSSR count). The summed E-state index contributed by atoms with van der Waals surface area (Å²) in [6.45, 7) is 5.29. The summed E-state index contributed by atoms with van der Waals surface area (Å²) in [5, 5.41) is 13.1. The number of aromatic nitrogens is 4. The summed E-state index contributed by atoms with van der Waals surface area (Å²) in [6.07, 6.45) is 3.62. The summed E-state index contributed by atoms with van der Waals surface area (Å²) in [4.78, 5) is 16.0. The SMILES string of the molecule is CC(C)n1c(N2CCCC2CO)nc2c(Nc3ccccc3)ncnc21. The number of hydrogen-bond donors (Lipinski definition) is 2. The molecule has 0 aliphatic carbocycles. The molecule has 2 N–H and O–H groups in total. The van der Waals surface area contributed by atoms with Crippen LogP contribution in [-0.4, -0.2) is 43.8 Å². The molecule has 1 aliphatic rings. The van der Waals surface area contributed by atoms with Crippen LogP contribution < -0.4 is 10.2 Å². The van der Waals surface area contributed by atoms with Crippen LogP contribution in [0.3, 0.4) is 0 Å². The molecule has 7 heteroatoms. The van der Waals surface area contributed by atoms with Gasteiger partial charge in [0.05, 0.1) is 12.6 Å². The van der Waals surface area contributed by atoms with Crippen molar-refractivity contribution < 1.29 is 5.11 Å². The smallest absolute Gasteiger partial charge is 0.208 e. The van der Waals surface area contributed by atoms with Gasteiger partial charge in [-0.05, 0) is 38.8 Å². The van der Waals surface area contributed by atoms with Crippen LogP contribution in [0.5, 0.6) is 0 Å². The Balaban J connectivity index is 1.83. The molecule has 26 heavy (non-hydrogen) atoms. The molecule has 1 aliphatic heterocycles. The molecule has 7 nitrogen and oxygen atoms in total. The molecule has 1 atom stereocenters. The fourth-order valence-corrected chi connectivity index (χ4v) is 3.61. The third kappa shape index (κ3) is 2.88. The Hall–Kier alpha value is -2.67. The average molecular weight is 352 g/mol. The molecular weight excluding hydrogens is 328 g/mol. The second-order valence-electron chi connectivity index (χ2n) is 6.93. The Morgan fingerprint density at radius 2 is 2.04 bits per heavy atom. The van der Waals surface area contributed by atoms with Crippen LogP contribution in [0.2, 0.25) is 0 Å². The van der Waals surface area contributed by atoms with E-state index in [9.17, 15) is 5.11 Å². The van der Waals surface area contributed by atoms with E-state index >= 15 is 0 Å². The van der Waals surface area contributed by atoms with Crippen LogP contribution in [0.4, 0.5) is 17.5 Å². The number of aliphatic hydroxyl groups excluding tert-OH is 1. The van der Waals surface area contributed by atoms with Crippen LogP contribution >= 0.6 is 0 Å². The molecule has 136 valence electrons. The number of fused-ring (bicyclic) bond motifs is 1. The van der Waals surface area contributed by atoms with Gasteiger partial charge in [-0.2, -0.15) is 0 Å². The van der Waals surface area contributed by atoms with Crippen molar-refractivity contribution in [1.29, 1.82) is 0 Å². The van der Waals surface area contributed by atoms with E-state index in [2.05, 4.69) is 38.6 Å². The molecular formula is C19H24N6O. The van der Waals surface area contributed by atoms with Gasteiger partial charge in [-0.15, -0.1) is 0 Å². The van der Waals surface area contributed by atoms with Gasteiger partial charge in [-0.3, -0.25) is 4.57 Å². The largest absolute Gasteiger partial charge is 0.394 e. The zero-order valence-electron chi connectivity index (χ0n) is 15.1. The normalized spacial score (nSPS) is 17.4. The van der Waals surface area contributed by atoms with Gasteiger partial charge in [0, 0.05) is 18.3 Å². The average Bonchev–Trinajstić information content (AvgIpc) is 3.27. The maximum Gasteiger partial charge on any atom is 0.208 e. The van der Waals surface area contributed by atoms with E-state index in [1.165, 1.54) is 0 Å². The summed E-state index contributed by atoms with van der Waals surface area (Å²) in [7, 11) is 0. The Kier molecular flexibility index (Phi) is 4.46. The number of para-hydroxylation sites is 1. The fourth-order valence-electron chi connectivity index (χ4n) is 3.61. The Labute approximate surface area is 152 Å². The number of anilines is 3. The van der Waals surface area contributed by atoms with E-state index in [0.29, 0.717) is 5.82 Å². The highest BCUT2D eigenvalue weighted by Gasteiger charge is 2.30. The minimum Gasteiger partial charge on any atom is -0.394 e. The van der Waals surface area contributed by atoms with Gasteiger partial charge < -0.3 is 15.3 Å². The van der Waals surface area contributed by atoms with Gasteiger partial charge in [0.2, 0.25) is 5.95 Å². The second kappa shape index (κ2) is 6.92. The third-order valence-corrected chi connectivity index (χ3v) is 4.86. The monoisotopic (exact) mass is 352 g/mol. The summed E-state index contributed by atoms with van der Waals surface area (Å²) in [5.41, 5.74) is 2.53. The van der Waals surface area contributed by atoms with E-state index < -0.39 is 0 Å². The minimum absolute atomic E-state index is 0.114. The van der Waals surface area contributed by atoms with E-state index in [4.69, 9.17) is 4.98 Å². The predicted octanol–water partition coefficient (Wildman–Crippen LogP) is 3.11. The molecule has 0 radical (unpaired) electrons. The number of aliphatic hydroxyl groups is 1. The second-order valence-corrected chi connectivity index (χ2v) is 6.93. The molecule has 0 spiro atoms. The van der Waals surface area contributed by atoms with Gasteiger partial charge in [0.15, 0.2) is 17.0 Å². The molecule has 2 aromatic heterocycles. The first-order chi connectivity index (χ1) is 12.7. The maximum absolute atomic E-state index is 9.73. The lowest BCUT2D eigenvalue weighted by molar-refractivity contribution is 0.265. The maximum atomic E-state index is 9.73. The van der Waals surface area contributed by atoms with Crippen molar-refractivity contribution in [3.8, 4) is 0 Å². The molecule has 3 aromatic rings. The van der Waals surface area contributed by atoms with Gasteiger partial charge in [0.1, 0.15) is 6.33 Å². The number of imidazole rings is 1. The summed E-state index contributed by atoms with van der Waals surface area (Å²) in [6, 6.07) is 10.3. The molecule has 1 saturated heterocycles. The summed E-state index contributed by atoms with van der Waals surface area (Å²) >= 11 is 0. The Bertz CT molecular complexity index is 892. The van der Waals surface area contributed by atoms with Crippen molar-refractivity contribution in [2.45, 2.75) is 38.8 Å². The molecule has 0 saturated carbocycles. The van der Waals surface area contributed by atoms with Crippen molar-refractivity contribution in [3.05, 3.63) is 36.7 Å². The first-order valence-corrected chi connectivity index (χ1v) is 9.11. The van der Waals surface area contributed by atoms with Crippen LogP contribution in [0.1, 0.15) is 32.7 Å². The van der Waals surface area contributed by atoms with Gasteiger partial charge in [-0.1, -0.05) is 18.2 Å². The highest BCUT2D eigenvalue weighted by atomic mass is 16.3. The van der Waals surface area contributed by atoms with Crippen molar-refractivity contribution in [2.75, 3.05) is 23.4 Å². The summed E-state index contributed by atoms with van der Waals surface area (Å²) in [5.74, 6) is 1.56. The number of nitrogens with one attached hydrogen (secondary N) is 1. The van der Waals surface area contributed by atoms with E-state index in [1.54, 1.807) is 6.33 Å². The highest BCUT2D eigenvalue weighted by Crippen LogP contribution is 2.33. The van der Waals surface area contributed by atoms with E-state index in [-0.39, 0.29) is 18.7 Å². The summed E-state index contributed by atoms with van der Waals surface area (Å²) < 4.78 is 2.14. The van der Waals surface area contributed by atoms with Crippen LogP contribution in [-0.2, 0) is 0 Å². The number of benzene rings is 1. The van der Waals surface area contributed by atoms with Gasteiger partial charge in [0.25, 0.3) is 0 Å². The van der Waals surface area contributed by atoms with Crippen LogP contribution in [0, 0.1) is 0 Å². The lowest BCUT2D eigenvalue weighted by atomic mass is 10.2. The minimum atomic E-state index is 0.114. The highest BCUT2D eigenvalue weighted by molar-refractivity contribution is 5.87. The molecule has 1 aromatic carbocycles. The number of hydrogen-bond acceptors (Lipinski definition) is 6. The quantitative estimate of drug-likeness (QED) is 0.734. The third-order valence-electron chi connectivity index (χ3n) is 4.86. The Morgan fingerprint density at radius 1 is 1.23 bits per heavy atom. The van der Waals surface area contributed by atoms with Crippen LogP contribution in [0.25, 0.3) is 11.2 Å². The van der Waals surface area contributed by atoms with Crippen LogP contribution in [0.15, 0.2) is 36.7 Å². The van der Waals surface area contributed by atoms with Crippen molar-refractivity contribution in [1.82, 2.24) is 19.5 Å².